The molecule has 172 valence electrons. The number of aromatic nitrogens is 1. The third-order valence-corrected chi connectivity index (χ3v) is 5.89. The summed E-state index contributed by atoms with van der Waals surface area (Å²) in [6, 6.07) is 7.21. The van der Waals surface area contributed by atoms with Crippen LogP contribution < -0.4 is 10.0 Å². The van der Waals surface area contributed by atoms with Crippen LogP contribution in [0, 0.1) is 0 Å². The Balaban J connectivity index is 1.92. The Morgan fingerprint density at radius 3 is 2.48 bits per heavy atom. The predicted molar refractivity (Wildman–Crippen MR) is 124 cm³/mol. The second-order valence-electron chi connectivity index (χ2n) is 7.19. The van der Waals surface area contributed by atoms with Crippen molar-refractivity contribution in [3.8, 4) is 0 Å². The van der Waals surface area contributed by atoms with E-state index in [1.807, 2.05) is 0 Å². The van der Waals surface area contributed by atoms with E-state index in [9.17, 15) is 22.0 Å². The summed E-state index contributed by atoms with van der Waals surface area (Å²) in [6.07, 6.45) is 0.376. The number of benzene rings is 2. The molecule has 0 radical (unpaired) electrons. The van der Waals surface area contributed by atoms with Gasteiger partial charge in [-0.2, -0.15) is 0 Å². The lowest BCUT2D eigenvalue weighted by molar-refractivity contribution is 0.102. The number of rotatable bonds is 6. The first-order chi connectivity index (χ1) is 15.5. The molecule has 0 spiro atoms. The molecular weight excluding hydrogens is 499 g/mol. The lowest BCUT2D eigenvalue weighted by atomic mass is 10.0. The van der Waals surface area contributed by atoms with Gasteiger partial charge in [-0.15, -0.1) is 0 Å². The van der Waals surface area contributed by atoms with Crippen LogP contribution in [-0.2, 0) is 16.4 Å². The monoisotopic (exact) mass is 513 g/mol. The Kier molecular flexibility index (Phi) is 6.17. The molecule has 1 amide bonds. The molecule has 0 saturated carbocycles. The fourth-order valence-corrected chi connectivity index (χ4v) is 4.45. The number of pyridine rings is 1. The van der Waals surface area contributed by atoms with Crippen molar-refractivity contribution in [2.45, 2.75) is 12.8 Å². The SMILES string of the molecule is CS(=O)(=O)Nc1ccc2oc3c(CC(F)F)ccc(C(=O)Nc4c(Cl)cncc4Cl)c3c2c1. The number of nitrogens with zero attached hydrogens (tertiary/aromatic N) is 1. The van der Waals surface area contributed by atoms with Gasteiger partial charge in [-0.1, -0.05) is 29.3 Å². The zero-order valence-corrected chi connectivity index (χ0v) is 19.2. The molecule has 2 aromatic carbocycles. The van der Waals surface area contributed by atoms with Gasteiger partial charge in [0.25, 0.3) is 5.91 Å². The van der Waals surface area contributed by atoms with Gasteiger partial charge in [0, 0.05) is 40.8 Å². The maximum absolute atomic E-state index is 13.2. The van der Waals surface area contributed by atoms with Crippen LogP contribution in [0.1, 0.15) is 15.9 Å². The Morgan fingerprint density at radius 2 is 1.85 bits per heavy atom. The van der Waals surface area contributed by atoms with Crippen molar-refractivity contribution < 1.29 is 26.4 Å². The number of fused-ring (bicyclic) bond motifs is 3. The molecule has 0 aliphatic carbocycles. The normalized spacial score (nSPS) is 11.9. The molecule has 0 atom stereocenters. The molecule has 0 unspecified atom stereocenters. The molecular formula is C21H15Cl2F2N3O4S. The van der Waals surface area contributed by atoms with E-state index < -0.39 is 28.8 Å². The molecule has 0 aliphatic rings. The maximum atomic E-state index is 13.2. The molecule has 4 rings (SSSR count). The molecule has 33 heavy (non-hydrogen) atoms. The number of amides is 1. The number of sulfonamides is 1. The molecule has 0 fully saturated rings. The number of furan rings is 1. The van der Waals surface area contributed by atoms with Crippen LogP contribution in [0.2, 0.25) is 10.0 Å². The second kappa shape index (κ2) is 8.77. The summed E-state index contributed by atoms with van der Waals surface area (Å²) in [5, 5.41) is 3.45. The van der Waals surface area contributed by atoms with Crippen molar-refractivity contribution in [1.29, 1.82) is 0 Å². The highest BCUT2D eigenvalue weighted by Gasteiger charge is 2.22. The fourth-order valence-electron chi connectivity index (χ4n) is 3.44. The van der Waals surface area contributed by atoms with E-state index in [2.05, 4.69) is 15.0 Å². The van der Waals surface area contributed by atoms with Gasteiger partial charge in [0.2, 0.25) is 16.4 Å². The highest BCUT2D eigenvalue weighted by molar-refractivity contribution is 7.92. The average Bonchev–Trinajstić information content (AvgIpc) is 3.09. The molecule has 0 bridgehead atoms. The Labute approximate surface area is 196 Å². The van der Waals surface area contributed by atoms with E-state index in [1.165, 1.54) is 42.7 Å². The quantitative estimate of drug-likeness (QED) is 0.343. The highest BCUT2D eigenvalue weighted by atomic mass is 35.5. The number of hydrogen-bond donors (Lipinski definition) is 2. The average molecular weight is 514 g/mol. The van der Waals surface area contributed by atoms with Gasteiger partial charge in [-0.25, -0.2) is 17.2 Å². The van der Waals surface area contributed by atoms with Gasteiger partial charge in [0.15, 0.2) is 0 Å². The van der Waals surface area contributed by atoms with Crippen LogP contribution >= 0.6 is 23.2 Å². The van der Waals surface area contributed by atoms with Crippen molar-refractivity contribution in [1.82, 2.24) is 4.98 Å². The number of alkyl halides is 2. The molecule has 7 nitrogen and oxygen atoms in total. The van der Waals surface area contributed by atoms with Gasteiger partial charge in [0.1, 0.15) is 11.2 Å². The van der Waals surface area contributed by atoms with E-state index in [1.54, 1.807) is 0 Å². The van der Waals surface area contributed by atoms with Crippen molar-refractivity contribution in [3.63, 3.8) is 0 Å². The van der Waals surface area contributed by atoms with Gasteiger partial charge in [-0.05, 0) is 24.3 Å². The second-order valence-corrected chi connectivity index (χ2v) is 9.75. The van der Waals surface area contributed by atoms with Crippen LogP contribution in [0.25, 0.3) is 21.9 Å². The Hall–Kier alpha value is -2.95. The number of anilines is 2. The summed E-state index contributed by atoms with van der Waals surface area (Å²) in [7, 11) is -3.58. The van der Waals surface area contributed by atoms with Crippen LogP contribution in [0.3, 0.4) is 0 Å². The predicted octanol–water partition coefficient (Wildman–Crippen LogP) is 5.72. The van der Waals surface area contributed by atoms with Crippen LogP contribution in [-0.4, -0.2) is 32.0 Å². The molecule has 2 aromatic heterocycles. The molecule has 0 saturated heterocycles. The standard InChI is InChI=1S/C21H15Cl2F2N3O4S/c1-33(30,31)28-11-3-5-16-13(7-11)18-12(4-2-10(6-17(24)25)20(18)32-16)21(29)27-19-14(22)8-26-9-15(19)23/h2-5,7-9,17,28H,6H2,1H3,(H,26,27,29). The van der Waals surface area contributed by atoms with Crippen molar-refractivity contribution in [2.75, 3.05) is 16.3 Å². The van der Waals surface area contributed by atoms with Gasteiger partial charge in [0.05, 0.1) is 27.6 Å². The summed E-state index contributed by atoms with van der Waals surface area (Å²) >= 11 is 12.2. The van der Waals surface area contributed by atoms with Crippen molar-refractivity contribution >= 4 is 72.4 Å². The number of nitrogens with one attached hydrogen (secondary N) is 2. The number of hydrogen-bond acceptors (Lipinski definition) is 5. The number of halogens is 4. The van der Waals surface area contributed by atoms with Crippen molar-refractivity contribution in [2.24, 2.45) is 0 Å². The van der Waals surface area contributed by atoms with E-state index in [0.717, 1.165) is 6.26 Å². The molecule has 2 N–H and O–H groups in total. The Morgan fingerprint density at radius 1 is 1.15 bits per heavy atom. The van der Waals surface area contributed by atoms with E-state index in [-0.39, 0.29) is 43.5 Å². The molecule has 2 heterocycles. The van der Waals surface area contributed by atoms with Crippen molar-refractivity contribution in [3.05, 3.63) is 63.9 Å². The van der Waals surface area contributed by atoms with Crippen LogP contribution in [0.4, 0.5) is 20.2 Å². The van der Waals surface area contributed by atoms with Crippen LogP contribution in [0.5, 0.6) is 0 Å². The van der Waals surface area contributed by atoms with Gasteiger partial charge in [-0.3, -0.25) is 14.5 Å². The van der Waals surface area contributed by atoms with E-state index in [0.29, 0.717) is 11.0 Å². The summed E-state index contributed by atoms with van der Waals surface area (Å²) in [5.41, 5.74) is 1.04. The third kappa shape index (κ3) is 4.87. The third-order valence-electron chi connectivity index (χ3n) is 4.71. The minimum atomic E-state index is -3.58. The molecule has 12 heteroatoms. The van der Waals surface area contributed by atoms with E-state index in [4.69, 9.17) is 27.6 Å². The smallest absolute Gasteiger partial charge is 0.256 e. The maximum Gasteiger partial charge on any atom is 0.256 e. The fraction of sp³-hybridized carbons (Fsp3) is 0.143. The Bertz CT molecular complexity index is 1490. The topological polar surface area (TPSA) is 101 Å². The largest absolute Gasteiger partial charge is 0.456 e. The first-order valence-corrected chi connectivity index (χ1v) is 12.0. The zero-order chi connectivity index (χ0) is 23.9. The molecule has 4 aromatic rings. The number of carbonyl (C=O) groups excluding carboxylic acids is 1. The summed E-state index contributed by atoms with van der Waals surface area (Å²) in [5.74, 6) is -0.622. The highest BCUT2D eigenvalue weighted by Crippen LogP contribution is 2.37. The van der Waals surface area contributed by atoms with Gasteiger partial charge >= 0.3 is 0 Å². The lowest BCUT2D eigenvalue weighted by Gasteiger charge is -2.11. The van der Waals surface area contributed by atoms with Crippen LogP contribution in [0.15, 0.2) is 47.1 Å². The lowest BCUT2D eigenvalue weighted by Crippen LogP contribution is -2.13. The minimum Gasteiger partial charge on any atom is -0.456 e. The zero-order valence-electron chi connectivity index (χ0n) is 16.8. The summed E-state index contributed by atoms with van der Waals surface area (Å²) < 4.78 is 57.8. The summed E-state index contributed by atoms with van der Waals surface area (Å²) in [6.45, 7) is 0. The first-order valence-electron chi connectivity index (χ1n) is 9.38. The minimum absolute atomic E-state index is 0.0985. The van der Waals surface area contributed by atoms with Gasteiger partial charge < -0.3 is 9.73 Å². The number of carbonyl (C=O) groups is 1. The van der Waals surface area contributed by atoms with E-state index >= 15 is 0 Å². The first kappa shape index (κ1) is 23.2. The molecule has 0 aliphatic heterocycles. The summed E-state index contributed by atoms with van der Waals surface area (Å²) in [4.78, 5) is 17.0.